The summed E-state index contributed by atoms with van der Waals surface area (Å²) in [4.78, 5) is 4.26. The minimum atomic E-state index is 0. The van der Waals surface area contributed by atoms with Gasteiger partial charge in [0.05, 0.1) is 18.8 Å². The third kappa shape index (κ3) is 10.5. The van der Waals surface area contributed by atoms with Gasteiger partial charge in [-0.3, -0.25) is 4.99 Å². The molecule has 6 nitrogen and oxygen atoms in total. The fourth-order valence-electron chi connectivity index (χ4n) is 2.92. The van der Waals surface area contributed by atoms with E-state index in [0.29, 0.717) is 12.7 Å². The Hall–Kier alpha value is -1.06. The molecular formula is C21H36IN3O3. The number of ether oxygens (including phenoxy) is 3. The lowest BCUT2D eigenvalue weighted by molar-refractivity contribution is 0.0168. The molecule has 1 heterocycles. The second kappa shape index (κ2) is 14.9. The molecule has 1 aromatic carbocycles. The van der Waals surface area contributed by atoms with Crippen LogP contribution in [0.1, 0.15) is 38.7 Å². The minimum absolute atomic E-state index is 0. The van der Waals surface area contributed by atoms with Crippen LogP contribution in [0.2, 0.25) is 0 Å². The van der Waals surface area contributed by atoms with Gasteiger partial charge in [0.25, 0.3) is 0 Å². The van der Waals surface area contributed by atoms with Gasteiger partial charge in [0.2, 0.25) is 0 Å². The van der Waals surface area contributed by atoms with Crippen LogP contribution in [-0.4, -0.2) is 58.1 Å². The van der Waals surface area contributed by atoms with Crippen molar-refractivity contribution in [3.8, 4) is 5.75 Å². The van der Waals surface area contributed by atoms with Crippen LogP contribution in [-0.2, 0) is 15.9 Å². The summed E-state index contributed by atoms with van der Waals surface area (Å²) in [5.41, 5.74) is 1.27. The van der Waals surface area contributed by atoms with E-state index < -0.39 is 0 Å². The van der Waals surface area contributed by atoms with E-state index in [4.69, 9.17) is 14.2 Å². The molecule has 1 saturated heterocycles. The zero-order valence-corrected chi connectivity index (χ0v) is 19.7. The van der Waals surface area contributed by atoms with E-state index in [-0.39, 0.29) is 30.1 Å². The van der Waals surface area contributed by atoms with Crippen molar-refractivity contribution in [2.75, 3.05) is 40.0 Å². The Morgan fingerprint density at radius 1 is 1.21 bits per heavy atom. The number of nitrogens with one attached hydrogen (secondary N) is 2. The molecule has 160 valence electrons. The van der Waals surface area contributed by atoms with Crippen LogP contribution >= 0.6 is 24.0 Å². The number of halogens is 1. The SMILES string of the molecule is CN=C(NCCCOCC1CCCO1)NCCc1ccc(OC(C)C)cc1.I. The molecule has 0 aliphatic carbocycles. The van der Waals surface area contributed by atoms with Crippen molar-refractivity contribution in [3.63, 3.8) is 0 Å². The van der Waals surface area contributed by atoms with Gasteiger partial charge in [-0.25, -0.2) is 0 Å². The number of nitrogens with zero attached hydrogens (tertiary/aromatic N) is 1. The van der Waals surface area contributed by atoms with E-state index in [1.54, 1.807) is 7.05 Å². The molecule has 0 saturated carbocycles. The third-order valence-corrected chi connectivity index (χ3v) is 4.31. The van der Waals surface area contributed by atoms with E-state index in [9.17, 15) is 0 Å². The van der Waals surface area contributed by atoms with Gasteiger partial charge in [0.1, 0.15) is 5.75 Å². The Morgan fingerprint density at radius 3 is 2.61 bits per heavy atom. The van der Waals surface area contributed by atoms with Gasteiger partial charge in [-0.2, -0.15) is 0 Å². The molecule has 0 spiro atoms. The summed E-state index contributed by atoms with van der Waals surface area (Å²) in [6.45, 7) is 8.08. The van der Waals surface area contributed by atoms with Crippen molar-refractivity contribution < 1.29 is 14.2 Å². The zero-order chi connectivity index (χ0) is 19.3. The smallest absolute Gasteiger partial charge is 0.190 e. The first-order chi connectivity index (χ1) is 13.2. The molecule has 1 fully saturated rings. The largest absolute Gasteiger partial charge is 0.491 e. The maximum atomic E-state index is 5.67. The molecule has 1 aliphatic rings. The summed E-state index contributed by atoms with van der Waals surface area (Å²) >= 11 is 0. The lowest BCUT2D eigenvalue weighted by atomic mass is 10.1. The molecule has 28 heavy (non-hydrogen) atoms. The molecule has 1 unspecified atom stereocenters. The fraction of sp³-hybridized carbons (Fsp3) is 0.667. The summed E-state index contributed by atoms with van der Waals surface area (Å²) < 4.78 is 16.9. The van der Waals surface area contributed by atoms with E-state index >= 15 is 0 Å². The normalized spacial score (nSPS) is 16.7. The number of benzene rings is 1. The van der Waals surface area contributed by atoms with Crippen molar-refractivity contribution in [3.05, 3.63) is 29.8 Å². The second-order valence-electron chi connectivity index (χ2n) is 7.05. The summed E-state index contributed by atoms with van der Waals surface area (Å²) in [5, 5.41) is 6.67. The van der Waals surface area contributed by atoms with Gasteiger partial charge in [0, 0.05) is 33.4 Å². The Bertz CT molecular complexity index is 546. The van der Waals surface area contributed by atoms with Crippen molar-refractivity contribution in [2.45, 2.75) is 51.7 Å². The Labute approximate surface area is 186 Å². The third-order valence-electron chi connectivity index (χ3n) is 4.31. The highest BCUT2D eigenvalue weighted by Gasteiger charge is 2.14. The monoisotopic (exact) mass is 505 g/mol. The molecular weight excluding hydrogens is 469 g/mol. The average molecular weight is 505 g/mol. The first-order valence-electron chi connectivity index (χ1n) is 10.1. The predicted molar refractivity (Wildman–Crippen MR) is 125 cm³/mol. The average Bonchev–Trinajstić information content (AvgIpc) is 3.17. The number of guanidine groups is 1. The van der Waals surface area contributed by atoms with Crippen LogP contribution in [0.25, 0.3) is 0 Å². The maximum absolute atomic E-state index is 5.67. The van der Waals surface area contributed by atoms with Crippen LogP contribution in [0.4, 0.5) is 0 Å². The van der Waals surface area contributed by atoms with E-state index in [0.717, 1.165) is 63.7 Å². The first-order valence-corrected chi connectivity index (χ1v) is 10.1. The van der Waals surface area contributed by atoms with E-state index in [2.05, 4.69) is 27.8 Å². The van der Waals surface area contributed by atoms with Crippen molar-refractivity contribution in [1.82, 2.24) is 10.6 Å². The minimum Gasteiger partial charge on any atom is -0.491 e. The van der Waals surface area contributed by atoms with Crippen LogP contribution in [0.3, 0.4) is 0 Å². The summed E-state index contributed by atoms with van der Waals surface area (Å²) in [6, 6.07) is 8.28. The number of hydrogen-bond acceptors (Lipinski definition) is 4. The van der Waals surface area contributed by atoms with Crippen molar-refractivity contribution in [1.29, 1.82) is 0 Å². The van der Waals surface area contributed by atoms with Crippen LogP contribution in [0.15, 0.2) is 29.3 Å². The molecule has 7 heteroatoms. The quantitative estimate of drug-likeness (QED) is 0.209. The van der Waals surface area contributed by atoms with Crippen molar-refractivity contribution >= 4 is 29.9 Å². The van der Waals surface area contributed by atoms with Gasteiger partial charge >= 0.3 is 0 Å². The van der Waals surface area contributed by atoms with Crippen LogP contribution in [0, 0.1) is 0 Å². The van der Waals surface area contributed by atoms with Crippen LogP contribution in [0.5, 0.6) is 5.75 Å². The topological polar surface area (TPSA) is 64.1 Å². The van der Waals surface area contributed by atoms with Gasteiger partial charge in [0.15, 0.2) is 5.96 Å². The highest BCUT2D eigenvalue weighted by Crippen LogP contribution is 2.14. The standard InChI is InChI=1S/C21H35N3O3.HI/c1-17(2)27-19-9-7-18(8-10-19)11-13-24-21(22-3)23-12-5-14-25-16-20-6-4-15-26-20;/h7-10,17,20H,4-6,11-16H2,1-3H3,(H2,22,23,24);1H. The number of hydrogen-bond donors (Lipinski definition) is 2. The van der Waals surface area contributed by atoms with E-state index in [1.165, 1.54) is 5.56 Å². The maximum Gasteiger partial charge on any atom is 0.190 e. The Morgan fingerprint density at radius 2 is 1.96 bits per heavy atom. The molecule has 0 aromatic heterocycles. The molecule has 1 aromatic rings. The van der Waals surface area contributed by atoms with Gasteiger partial charge in [-0.05, 0) is 57.2 Å². The molecule has 0 amide bonds. The molecule has 2 N–H and O–H groups in total. The van der Waals surface area contributed by atoms with Gasteiger partial charge in [-0.1, -0.05) is 12.1 Å². The van der Waals surface area contributed by atoms with Gasteiger partial charge in [-0.15, -0.1) is 24.0 Å². The highest BCUT2D eigenvalue weighted by molar-refractivity contribution is 14.0. The predicted octanol–water partition coefficient (Wildman–Crippen LogP) is 3.39. The Balaban J connectivity index is 0.00000392. The molecule has 1 aliphatic heterocycles. The molecule has 0 radical (unpaired) electrons. The van der Waals surface area contributed by atoms with Gasteiger partial charge < -0.3 is 24.8 Å². The first kappa shape index (κ1) is 25.0. The molecule has 1 atom stereocenters. The summed E-state index contributed by atoms with van der Waals surface area (Å²) in [6.07, 6.45) is 4.68. The molecule has 0 bridgehead atoms. The molecule has 2 rings (SSSR count). The summed E-state index contributed by atoms with van der Waals surface area (Å²) in [5.74, 6) is 1.75. The summed E-state index contributed by atoms with van der Waals surface area (Å²) in [7, 11) is 1.79. The van der Waals surface area contributed by atoms with Crippen LogP contribution < -0.4 is 15.4 Å². The lowest BCUT2D eigenvalue weighted by Crippen LogP contribution is -2.39. The number of aliphatic imine (C=N–C) groups is 1. The fourth-order valence-corrected chi connectivity index (χ4v) is 2.92. The second-order valence-corrected chi connectivity index (χ2v) is 7.05. The van der Waals surface area contributed by atoms with E-state index in [1.807, 2.05) is 26.0 Å². The number of rotatable bonds is 11. The zero-order valence-electron chi connectivity index (χ0n) is 17.4. The highest BCUT2D eigenvalue weighted by atomic mass is 127. The Kier molecular flexibility index (Phi) is 13.3. The van der Waals surface area contributed by atoms with Crippen molar-refractivity contribution in [2.24, 2.45) is 4.99 Å². The lowest BCUT2D eigenvalue weighted by Gasteiger charge is -2.13.